The van der Waals surface area contributed by atoms with Crippen LogP contribution in [0.3, 0.4) is 0 Å². The Balaban J connectivity index is 1.71. The maximum Gasteiger partial charge on any atom is 0.249 e. The first-order valence-electron chi connectivity index (χ1n) is 7.73. The van der Waals surface area contributed by atoms with E-state index in [-0.39, 0.29) is 17.5 Å². The quantitative estimate of drug-likeness (QED) is 0.874. The third-order valence-corrected chi connectivity index (χ3v) is 4.36. The number of morpholine rings is 1. The van der Waals surface area contributed by atoms with E-state index in [1.54, 1.807) is 25.2 Å². The molecule has 7 heteroatoms. The van der Waals surface area contributed by atoms with Gasteiger partial charge in [-0.05, 0) is 18.6 Å². The molecule has 124 valence electrons. The van der Waals surface area contributed by atoms with Crippen LogP contribution in [0.5, 0.6) is 0 Å². The summed E-state index contributed by atoms with van der Waals surface area (Å²) in [7, 11) is 1.62. The van der Waals surface area contributed by atoms with Crippen LogP contribution in [0, 0.1) is 5.82 Å². The first-order chi connectivity index (χ1) is 11.1. The van der Waals surface area contributed by atoms with Crippen molar-refractivity contribution in [3.8, 4) is 0 Å². The summed E-state index contributed by atoms with van der Waals surface area (Å²) in [5, 5.41) is 3.09. The zero-order valence-electron chi connectivity index (χ0n) is 13.0. The number of likely N-dealkylation sites (N-methyl/N-ethyl adjacent to an activating group) is 1. The molecule has 1 aromatic carbocycles. The Morgan fingerprint density at radius 2 is 2.22 bits per heavy atom. The average molecular weight is 321 g/mol. The highest BCUT2D eigenvalue weighted by atomic mass is 19.1. The summed E-state index contributed by atoms with van der Waals surface area (Å²) in [6.45, 7) is 1.90. The van der Waals surface area contributed by atoms with Gasteiger partial charge in [0.05, 0.1) is 18.9 Å². The molecule has 6 nitrogen and oxygen atoms in total. The minimum atomic E-state index is -0.564. The molecule has 0 saturated carbocycles. The van der Waals surface area contributed by atoms with Crippen LogP contribution < -0.4 is 10.2 Å². The van der Waals surface area contributed by atoms with E-state index >= 15 is 0 Å². The Bertz CT molecular complexity index is 604. The number of halogens is 1. The highest BCUT2D eigenvalue weighted by Crippen LogP contribution is 2.26. The molecule has 0 radical (unpaired) electrons. The monoisotopic (exact) mass is 321 g/mol. The fourth-order valence-electron chi connectivity index (χ4n) is 3.06. The fraction of sp³-hybridized carbons (Fsp3) is 0.500. The largest absolute Gasteiger partial charge is 0.378 e. The number of carbonyl (C=O) groups is 2. The zero-order chi connectivity index (χ0) is 16.4. The molecule has 0 spiro atoms. The molecule has 0 aliphatic carbocycles. The van der Waals surface area contributed by atoms with Crippen molar-refractivity contribution in [3.05, 3.63) is 30.1 Å². The van der Waals surface area contributed by atoms with Gasteiger partial charge in [0.15, 0.2) is 0 Å². The molecular weight excluding hydrogens is 301 g/mol. The third kappa shape index (κ3) is 3.07. The van der Waals surface area contributed by atoms with Crippen LogP contribution >= 0.6 is 0 Å². The van der Waals surface area contributed by atoms with Crippen molar-refractivity contribution in [1.82, 2.24) is 10.2 Å². The van der Waals surface area contributed by atoms with E-state index in [1.165, 1.54) is 15.9 Å². The molecule has 2 fully saturated rings. The van der Waals surface area contributed by atoms with Crippen molar-refractivity contribution in [2.75, 3.05) is 38.3 Å². The summed E-state index contributed by atoms with van der Waals surface area (Å²) in [4.78, 5) is 27.9. The molecule has 2 saturated heterocycles. The standard InChI is InChI=1S/C16H20FN3O3/c1-19(15(21)12-10-23-9-7-18-12)14-6-8-20(16(14)22)13-5-3-2-4-11(13)17/h2-5,12,14,18H,6-10H2,1H3/t12-,14+/m1/s1. The van der Waals surface area contributed by atoms with E-state index in [1.807, 2.05) is 0 Å². The molecule has 0 bridgehead atoms. The van der Waals surface area contributed by atoms with Crippen molar-refractivity contribution in [3.63, 3.8) is 0 Å². The number of hydrogen-bond donors (Lipinski definition) is 1. The molecule has 3 rings (SSSR count). The maximum absolute atomic E-state index is 13.9. The molecule has 2 heterocycles. The van der Waals surface area contributed by atoms with Gasteiger partial charge >= 0.3 is 0 Å². The Morgan fingerprint density at radius 3 is 2.91 bits per heavy atom. The summed E-state index contributed by atoms with van der Waals surface area (Å²) >= 11 is 0. The summed E-state index contributed by atoms with van der Waals surface area (Å²) in [5.41, 5.74) is 0.264. The molecule has 2 amide bonds. The van der Waals surface area contributed by atoms with E-state index in [0.29, 0.717) is 32.7 Å². The number of anilines is 1. The lowest BCUT2D eigenvalue weighted by Crippen LogP contribution is -2.55. The SMILES string of the molecule is CN(C(=O)[C@H]1COCCN1)[C@H]1CCN(c2ccccc2F)C1=O. The molecule has 2 aliphatic rings. The van der Waals surface area contributed by atoms with E-state index < -0.39 is 17.9 Å². The number of ether oxygens (including phenoxy) is 1. The van der Waals surface area contributed by atoms with Gasteiger partial charge in [-0.25, -0.2) is 4.39 Å². The molecule has 0 aromatic heterocycles. The Kier molecular flexibility index (Phi) is 4.58. The first kappa shape index (κ1) is 15.9. The second kappa shape index (κ2) is 6.64. The lowest BCUT2D eigenvalue weighted by Gasteiger charge is -2.30. The predicted octanol–water partition coefficient (Wildman–Crippen LogP) is 0.378. The summed E-state index contributed by atoms with van der Waals surface area (Å²) in [6, 6.07) is 5.19. The molecule has 1 aromatic rings. The summed E-state index contributed by atoms with van der Waals surface area (Å²) in [6.07, 6.45) is 0.489. The molecule has 1 N–H and O–H groups in total. The van der Waals surface area contributed by atoms with Crippen LogP contribution in [0.1, 0.15) is 6.42 Å². The number of benzene rings is 1. The summed E-state index contributed by atoms with van der Waals surface area (Å²) in [5.74, 6) is -0.848. The van der Waals surface area contributed by atoms with E-state index in [2.05, 4.69) is 5.32 Å². The minimum Gasteiger partial charge on any atom is -0.378 e. The zero-order valence-corrected chi connectivity index (χ0v) is 13.0. The second-order valence-electron chi connectivity index (χ2n) is 5.78. The van der Waals surface area contributed by atoms with Crippen molar-refractivity contribution in [1.29, 1.82) is 0 Å². The van der Waals surface area contributed by atoms with E-state index in [9.17, 15) is 14.0 Å². The average Bonchev–Trinajstić information content (AvgIpc) is 2.96. The lowest BCUT2D eigenvalue weighted by atomic mass is 10.1. The highest BCUT2D eigenvalue weighted by molar-refractivity contribution is 6.01. The van der Waals surface area contributed by atoms with Crippen molar-refractivity contribution >= 4 is 17.5 Å². The Labute approximate surface area is 134 Å². The molecular formula is C16H20FN3O3. The van der Waals surface area contributed by atoms with Gasteiger partial charge in [0, 0.05) is 20.1 Å². The number of nitrogens with zero attached hydrogens (tertiary/aromatic N) is 2. The van der Waals surface area contributed by atoms with E-state index in [0.717, 1.165) is 0 Å². The van der Waals surface area contributed by atoms with Gasteiger partial charge in [0.1, 0.15) is 17.9 Å². The van der Waals surface area contributed by atoms with Crippen LogP contribution in [0.2, 0.25) is 0 Å². The third-order valence-electron chi connectivity index (χ3n) is 4.36. The van der Waals surface area contributed by atoms with Gasteiger partial charge in [-0.2, -0.15) is 0 Å². The number of hydrogen-bond acceptors (Lipinski definition) is 4. The van der Waals surface area contributed by atoms with Crippen molar-refractivity contribution < 1.29 is 18.7 Å². The number of amides is 2. The maximum atomic E-state index is 13.9. The normalized spacial score (nSPS) is 24.8. The van der Waals surface area contributed by atoms with Gasteiger partial charge in [-0.3, -0.25) is 9.59 Å². The topological polar surface area (TPSA) is 61.9 Å². The molecule has 0 unspecified atom stereocenters. The molecule has 2 aliphatic heterocycles. The smallest absolute Gasteiger partial charge is 0.249 e. The Hall–Kier alpha value is -1.99. The van der Waals surface area contributed by atoms with Crippen molar-refractivity contribution in [2.24, 2.45) is 0 Å². The fourth-order valence-corrected chi connectivity index (χ4v) is 3.06. The van der Waals surface area contributed by atoms with E-state index in [4.69, 9.17) is 4.74 Å². The summed E-state index contributed by atoms with van der Waals surface area (Å²) < 4.78 is 19.2. The first-order valence-corrected chi connectivity index (χ1v) is 7.73. The number of carbonyl (C=O) groups excluding carboxylic acids is 2. The van der Waals surface area contributed by atoms with Gasteiger partial charge in [-0.15, -0.1) is 0 Å². The predicted molar refractivity (Wildman–Crippen MR) is 82.5 cm³/mol. The van der Waals surface area contributed by atoms with Crippen molar-refractivity contribution in [2.45, 2.75) is 18.5 Å². The van der Waals surface area contributed by atoms with Crippen LogP contribution in [0.15, 0.2) is 24.3 Å². The minimum absolute atomic E-state index is 0.168. The van der Waals surface area contributed by atoms with Crippen LogP contribution in [-0.4, -0.2) is 62.1 Å². The molecule has 23 heavy (non-hydrogen) atoms. The van der Waals surface area contributed by atoms with Gasteiger partial charge in [-0.1, -0.05) is 12.1 Å². The highest BCUT2D eigenvalue weighted by Gasteiger charge is 2.39. The second-order valence-corrected chi connectivity index (χ2v) is 5.78. The van der Waals surface area contributed by atoms with Crippen LogP contribution in [-0.2, 0) is 14.3 Å². The van der Waals surface area contributed by atoms with Gasteiger partial charge in [0.25, 0.3) is 0 Å². The molecule has 2 atom stereocenters. The van der Waals surface area contributed by atoms with Gasteiger partial charge < -0.3 is 19.9 Å². The van der Waals surface area contributed by atoms with Crippen LogP contribution in [0.25, 0.3) is 0 Å². The van der Waals surface area contributed by atoms with Gasteiger partial charge in [0.2, 0.25) is 11.8 Å². The Morgan fingerprint density at radius 1 is 1.43 bits per heavy atom. The lowest BCUT2D eigenvalue weighted by molar-refractivity contribution is -0.140. The number of rotatable bonds is 3. The number of para-hydroxylation sites is 1. The van der Waals surface area contributed by atoms with Crippen LogP contribution in [0.4, 0.5) is 10.1 Å². The number of nitrogens with one attached hydrogen (secondary N) is 1.